The molecule has 6 N–H and O–H groups in total. The van der Waals surface area contributed by atoms with Crippen molar-refractivity contribution < 1.29 is 19.8 Å². The molecule has 0 aliphatic heterocycles. The molecule has 9 heteroatoms. The molecule has 0 aromatic rings. The number of rotatable bonds is 1. The Morgan fingerprint density at radius 2 is 1.00 bits per heavy atom. The van der Waals surface area contributed by atoms with Gasteiger partial charge in [-0.2, -0.15) is 0 Å². The third-order valence-electron chi connectivity index (χ3n) is 0.167. The molecule has 0 aliphatic rings. The molecule has 0 fully saturated rings. The number of carboxylic acids is 2. The van der Waals surface area contributed by atoms with Crippen molar-refractivity contribution in [1.29, 1.82) is 0 Å². The Bertz CT molecular complexity index is 108. The van der Waals surface area contributed by atoms with Gasteiger partial charge >= 0.3 is 96.9 Å². The summed E-state index contributed by atoms with van der Waals surface area (Å²) < 4.78 is 0. The van der Waals surface area contributed by atoms with Gasteiger partial charge in [0.1, 0.15) is 0 Å². The predicted molar refractivity (Wildman–Crippen MR) is 67.6 cm³/mol. The Morgan fingerprint density at radius 1 is 0.933 bits per heavy atom. The molecule has 0 heterocycles. The molecule has 0 unspecified atom stereocenters. The van der Waals surface area contributed by atoms with Crippen LogP contribution in [0.2, 0.25) is 0 Å². The molecule has 0 aromatic heterocycles. The van der Waals surface area contributed by atoms with Crippen LogP contribution >= 0.6 is 0 Å². The first kappa shape index (κ1) is 36.0. The molecule has 82 valence electrons. The van der Waals surface area contributed by atoms with E-state index in [1.807, 2.05) is 0 Å². The molecular formula is C6H20CaN2Na2O4. The molecule has 0 radical (unpaired) electrons. The van der Waals surface area contributed by atoms with Gasteiger partial charge in [0.2, 0.25) is 0 Å². The molecular weight excluding hydrogens is 250 g/mol. The Morgan fingerprint density at radius 3 is 1.00 bits per heavy atom. The second-order valence-corrected chi connectivity index (χ2v) is 1.62. The zero-order valence-corrected chi connectivity index (χ0v) is 7.28. The van der Waals surface area contributed by atoms with Crippen molar-refractivity contribution in [2.45, 2.75) is 13.8 Å². The van der Waals surface area contributed by atoms with Gasteiger partial charge in [-0.05, 0) is 0 Å². The van der Waals surface area contributed by atoms with E-state index in [1.54, 1.807) is 0 Å². The van der Waals surface area contributed by atoms with E-state index in [9.17, 15) is 0 Å². The van der Waals surface area contributed by atoms with Crippen LogP contribution in [0.3, 0.4) is 0 Å². The van der Waals surface area contributed by atoms with Crippen LogP contribution in [0.25, 0.3) is 0 Å². The first-order valence-corrected chi connectivity index (χ1v) is 3.17. The van der Waals surface area contributed by atoms with E-state index in [4.69, 9.17) is 31.3 Å². The minimum absolute atomic E-state index is 0. The van der Waals surface area contributed by atoms with Gasteiger partial charge in [0, 0.05) is 26.9 Å². The fraction of sp³-hybridized carbons (Fsp3) is 0.667. The van der Waals surface area contributed by atoms with Crippen LogP contribution < -0.4 is 11.5 Å². The number of hydrogen-bond acceptors (Lipinski definition) is 4. The summed E-state index contributed by atoms with van der Waals surface area (Å²) in [6.07, 6.45) is 0. The molecule has 0 rings (SSSR count). The number of nitrogens with two attached hydrogens (primary N) is 2. The average molecular weight is 270 g/mol. The molecule has 15 heavy (non-hydrogen) atoms. The molecule has 6 nitrogen and oxygen atoms in total. The van der Waals surface area contributed by atoms with Crippen molar-refractivity contribution in [1.82, 2.24) is 0 Å². The van der Waals surface area contributed by atoms with Crippen molar-refractivity contribution >= 4 is 109 Å². The van der Waals surface area contributed by atoms with Crippen molar-refractivity contribution in [3.63, 3.8) is 0 Å². The van der Waals surface area contributed by atoms with Gasteiger partial charge in [-0.15, -0.1) is 0 Å². The van der Waals surface area contributed by atoms with Crippen LogP contribution in [-0.2, 0) is 9.59 Å². The SMILES string of the molecule is CC(=O)O.CC(=O)O.NCCN.[CaH2].[NaH].[NaH]. The first-order chi connectivity index (χ1) is 5.38. The fourth-order valence-electron chi connectivity index (χ4n) is 0. The first-order valence-electron chi connectivity index (χ1n) is 3.17. The van der Waals surface area contributed by atoms with E-state index in [2.05, 4.69) is 0 Å². The molecule has 0 spiro atoms. The fourth-order valence-corrected chi connectivity index (χ4v) is 0. The summed E-state index contributed by atoms with van der Waals surface area (Å²) in [5.74, 6) is -1.67. The van der Waals surface area contributed by atoms with Gasteiger partial charge in [-0.1, -0.05) is 0 Å². The van der Waals surface area contributed by atoms with Crippen LogP contribution in [0.1, 0.15) is 13.8 Å². The maximum atomic E-state index is 9.00. The third kappa shape index (κ3) is 330. The van der Waals surface area contributed by atoms with Crippen LogP contribution in [0, 0.1) is 0 Å². The summed E-state index contributed by atoms with van der Waals surface area (Å²) in [4.78, 5) is 18.0. The van der Waals surface area contributed by atoms with Crippen molar-refractivity contribution in [3.05, 3.63) is 0 Å². The van der Waals surface area contributed by atoms with Crippen LogP contribution in [0.4, 0.5) is 0 Å². The summed E-state index contributed by atoms with van der Waals surface area (Å²) in [6, 6.07) is 0. The van der Waals surface area contributed by atoms with Gasteiger partial charge in [0.25, 0.3) is 11.9 Å². The van der Waals surface area contributed by atoms with E-state index >= 15 is 0 Å². The van der Waals surface area contributed by atoms with E-state index in [-0.39, 0.29) is 96.9 Å². The van der Waals surface area contributed by atoms with Crippen LogP contribution in [-0.4, -0.2) is 132 Å². The number of aliphatic carboxylic acids is 2. The van der Waals surface area contributed by atoms with E-state index in [0.717, 1.165) is 13.8 Å². The second-order valence-electron chi connectivity index (χ2n) is 1.62. The van der Waals surface area contributed by atoms with Crippen molar-refractivity contribution in [2.75, 3.05) is 13.1 Å². The second kappa shape index (κ2) is 36.0. The molecule has 0 atom stereocenters. The van der Waals surface area contributed by atoms with Crippen LogP contribution in [0.5, 0.6) is 0 Å². The molecule has 0 saturated heterocycles. The molecule has 0 saturated carbocycles. The normalized spacial score (nSPS) is 5.33. The van der Waals surface area contributed by atoms with Gasteiger partial charge in [0.05, 0.1) is 0 Å². The molecule has 0 aromatic carbocycles. The Labute approximate surface area is 164 Å². The molecule has 0 amide bonds. The van der Waals surface area contributed by atoms with E-state index in [1.165, 1.54) is 0 Å². The Balaban J connectivity index is -0.0000000184. The zero-order chi connectivity index (χ0) is 10.6. The summed E-state index contributed by atoms with van der Waals surface area (Å²) >= 11 is 0. The molecule has 0 bridgehead atoms. The standard InChI is InChI=1S/C2H8N2.2C2H4O2.Ca.2Na.4H/c3-1-2-4;2*1-2(3)4;;;;;;;/h1-4H2;2*1H3,(H,3,4);;;;;;;. The number of carbonyl (C=O) groups is 2. The van der Waals surface area contributed by atoms with Gasteiger partial charge < -0.3 is 21.7 Å². The third-order valence-corrected chi connectivity index (χ3v) is 0.167. The summed E-state index contributed by atoms with van der Waals surface area (Å²) in [6.45, 7) is 3.36. The Hall–Kier alpha value is 2.12. The summed E-state index contributed by atoms with van der Waals surface area (Å²) in [7, 11) is 0. The van der Waals surface area contributed by atoms with E-state index in [0.29, 0.717) is 13.1 Å². The zero-order valence-electron chi connectivity index (χ0n) is 7.28. The molecule has 0 aliphatic carbocycles. The van der Waals surface area contributed by atoms with Gasteiger partial charge in [-0.3, -0.25) is 9.59 Å². The predicted octanol–water partition coefficient (Wildman–Crippen LogP) is -3.13. The van der Waals surface area contributed by atoms with E-state index < -0.39 is 11.9 Å². The van der Waals surface area contributed by atoms with Crippen molar-refractivity contribution in [2.24, 2.45) is 11.5 Å². The van der Waals surface area contributed by atoms with Gasteiger partial charge in [0.15, 0.2) is 0 Å². The average Bonchev–Trinajstić information content (AvgIpc) is 1.85. The Kier molecular flexibility index (Phi) is 86.3. The number of carboxylic acid groups (broad SMARTS) is 2. The van der Waals surface area contributed by atoms with Crippen molar-refractivity contribution in [3.8, 4) is 0 Å². The minimum atomic E-state index is -0.833. The summed E-state index contributed by atoms with van der Waals surface area (Å²) in [5.41, 5.74) is 9.81. The summed E-state index contributed by atoms with van der Waals surface area (Å²) in [5, 5.41) is 14.8. The topological polar surface area (TPSA) is 127 Å². The van der Waals surface area contributed by atoms with Crippen LogP contribution in [0.15, 0.2) is 0 Å². The number of hydrogen-bond donors (Lipinski definition) is 4. The van der Waals surface area contributed by atoms with Gasteiger partial charge in [-0.25, -0.2) is 0 Å². The quantitative estimate of drug-likeness (QED) is 0.373. The monoisotopic (exact) mass is 270 g/mol. The maximum absolute atomic E-state index is 9.00.